The average Bonchev–Trinajstić information content (AvgIpc) is 2.98. The van der Waals surface area contributed by atoms with Gasteiger partial charge in [0.25, 0.3) is 0 Å². The summed E-state index contributed by atoms with van der Waals surface area (Å²) in [7, 11) is 4.78. The number of para-hydroxylation sites is 2. The predicted molar refractivity (Wildman–Crippen MR) is 150 cm³/mol. The number of anilines is 1. The summed E-state index contributed by atoms with van der Waals surface area (Å²) < 4.78 is 28.0. The van der Waals surface area contributed by atoms with E-state index in [9.17, 15) is 0 Å². The molecule has 0 saturated carbocycles. The quantitative estimate of drug-likeness (QED) is 0.254. The lowest BCUT2D eigenvalue weighted by atomic mass is 10.0. The highest BCUT2D eigenvalue weighted by atomic mass is 16.5. The van der Waals surface area contributed by atoms with Crippen molar-refractivity contribution in [2.75, 3.05) is 40.3 Å². The molecule has 5 aromatic rings. The molecule has 0 saturated heterocycles. The van der Waals surface area contributed by atoms with Crippen LogP contribution in [0.25, 0.3) is 32.9 Å². The Balaban J connectivity index is 1.37. The number of nitrogens with two attached hydrogens (primary N) is 2. The lowest BCUT2D eigenvalue weighted by molar-refractivity contribution is 0.215. The maximum atomic E-state index is 6.35. The third-order valence-corrected chi connectivity index (χ3v) is 6.21. The molecule has 0 bridgehead atoms. The predicted octanol–water partition coefficient (Wildman–Crippen LogP) is 4.24. The first-order chi connectivity index (χ1) is 19.0. The minimum absolute atomic E-state index is 0.228. The molecule has 4 N–H and O–H groups in total. The Kier molecular flexibility index (Phi) is 7.46. The molecule has 3 heterocycles. The van der Waals surface area contributed by atoms with E-state index in [1.54, 1.807) is 39.9 Å². The Morgan fingerprint density at radius 2 is 1.46 bits per heavy atom. The number of pyridine rings is 3. The standard InChI is InChI=1S/C29H29N5O5/c1-35-25-6-4-5-7-26(25)39-16-18(30)15-38-19-8-17(12-32-13-19)23-9-20-21-10-27(36-2)28(37-3)11-24(21)33-14-22(20)29(31)34-23/h4-14,18H,15-16,30H2,1-3H3,(H2,31,34)/t18-/m1/s1. The van der Waals surface area contributed by atoms with E-state index in [4.69, 9.17) is 35.2 Å². The van der Waals surface area contributed by atoms with Crippen LogP contribution >= 0.6 is 0 Å². The molecule has 0 unspecified atom stereocenters. The molecule has 0 spiro atoms. The maximum absolute atomic E-state index is 6.35. The van der Waals surface area contributed by atoms with Gasteiger partial charge in [-0.15, -0.1) is 0 Å². The first kappa shape index (κ1) is 25.8. The van der Waals surface area contributed by atoms with Crippen LogP contribution in [-0.2, 0) is 0 Å². The summed E-state index contributed by atoms with van der Waals surface area (Å²) in [6, 6.07) is 14.6. The molecule has 39 heavy (non-hydrogen) atoms. The van der Waals surface area contributed by atoms with Crippen molar-refractivity contribution >= 4 is 27.5 Å². The Morgan fingerprint density at radius 1 is 0.744 bits per heavy atom. The van der Waals surface area contributed by atoms with E-state index in [1.807, 2.05) is 48.5 Å². The normalized spacial score (nSPS) is 11.8. The van der Waals surface area contributed by atoms with Gasteiger partial charge in [-0.2, -0.15) is 0 Å². The summed E-state index contributed by atoms with van der Waals surface area (Å²) in [4.78, 5) is 13.5. The Hall–Kier alpha value is -4.83. The summed E-state index contributed by atoms with van der Waals surface area (Å²) >= 11 is 0. The fourth-order valence-corrected chi connectivity index (χ4v) is 4.23. The highest BCUT2D eigenvalue weighted by Crippen LogP contribution is 2.37. The molecule has 0 aliphatic heterocycles. The monoisotopic (exact) mass is 527 g/mol. The first-order valence-electron chi connectivity index (χ1n) is 12.2. The van der Waals surface area contributed by atoms with Crippen molar-refractivity contribution in [3.63, 3.8) is 0 Å². The lowest BCUT2D eigenvalue weighted by Crippen LogP contribution is -2.34. The average molecular weight is 528 g/mol. The van der Waals surface area contributed by atoms with Crippen LogP contribution in [0.3, 0.4) is 0 Å². The van der Waals surface area contributed by atoms with Gasteiger partial charge in [-0.3, -0.25) is 9.97 Å². The fraction of sp³-hybridized carbons (Fsp3) is 0.207. The topological polar surface area (TPSA) is 137 Å². The van der Waals surface area contributed by atoms with Gasteiger partial charge in [0.1, 0.15) is 24.8 Å². The van der Waals surface area contributed by atoms with Crippen molar-refractivity contribution in [2.45, 2.75) is 6.04 Å². The molecule has 0 radical (unpaired) electrons. The molecule has 0 aliphatic rings. The number of hydrogen-bond acceptors (Lipinski definition) is 10. The highest BCUT2D eigenvalue weighted by Gasteiger charge is 2.14. The third-order valence-electron chi connectivity index (χ3n) is 6.21. The number of ether oxygens (including phenoxy) is 5. The van der Waals surface area contributed by atoms with Gasteiger partial charge in [-0.1, -0.05) is 12.1 Å². The van der Waals surface area contributed by atoms with Gasteiger partial charge in [-0.25, -0.2) is 4.98 Å². The molecular formula is C29H29N5O5. The number of methoxy groups -OCH3 is 3. The first-order valence-corrected chi connectivity index (χ1v) is 12.2. The molecule has 0 aliphatic carbocycles. The van der Waals surface area contributed by atoms with Crippen molar-refractivity contribution in [1.29, 1.82) is 0 Å². The zero-order valence-electron chi connectivity index (χ0n) is 21.9. The molecule has 0 fully saturated rings. The Bertz CT molecular complexity index is 1630. The third kappa shape index (κ3) is 5.41. The molecule has 1 atom stereocenters. The fourth-order valence-electron chi connectivity index (χ4n) is 4.23. The zero-order chi connectivity index (χ0) is 27.4. The number of fused-ring (bicyclic) bond motifs is 3. The van der Waals surface area contributed by atoms with Crippen LogP contribution in [0, 0.1) is 0 Å². The zero-order valence-corrected chi connectivity index (χ0v) is 21.9. The van der Waals surface area contributed by atoms with E-state index in [1.165, 1.54) is 0 Å². The second-order valence-corrected chi connectivity index (χ2v) is 8.78. The molecule has 10 heteroatoms. The van der Waals surface area contributed by atoms with Crippen molar-refractivity contribution in [1.82, 2.24) is 15.0 Å². The van der Waals surface area contributed by atoms with Crippen molar-refractivity contribution in [2.24, 2.45) is 5.73 Å². The second kappa shape index (κ2) is 11.3. The van der Waals surface area contributed by atoms with Crippen LogP contribution in [0.5, 0.6) is 28.7 Å². The number of benzene rings is 2. The van der Waals surface area contributed by atoms with Crippen LogP contribution in [0.15, 0.2) is 67.1 Å². The van der Waals surface area contributed by atoms with Gasteiger partial charge in [0.2, 0.25) is 0 Å². The number of aromatic nitrogens is 3. The van der Waals surface area contributed by atoms with Crippen LogP contribution in [0.4, 0.5) is 5.82 Å². The Labute approximate surface area is 225 Å². The van der Waals surface area contributed by atoms with Crippen LogP contribution in [-0.4, -0.2) is 55.5 Å². The summed E-state index contributed by atoms with van der Waals surface area (Å²) in [6.45, 7) is 0.483. The minimum atomic E-state index is -0.376. The molecule has 10 nitrogen and oxygen atoms in total. The smallest absolute Gasteiger partial charge is 0.162 e. The van der Waals surface area contributed by atoms with Gasteiger partial charge >= 0.3 is 0 Å². The maximum Gasteiger partial charge on any atom is 0.162 e. The SMILES string of the molecule is COc1cc2ncc3c(N)nc(-c4cncc(OC[C@@H](N)COc5ccccc5OC)c4)cc3c2cc1OC. The van der Waals surface area contributed by atoms with Gasteiger partial charge in [0.05, 0.1) is 44.8 Å². The van der Waals surface area contributed by atoms with E-state index in [-0.39, 0.29) is 19.3 Å². The summed E-state index contributed by atoms with van der Waals surface area (Å²) in [5, 5.41) is 2.48. The number of hydrogen-bond donors (Lipinski definition) is 2. The van der Waals surface area contributed by atoms with E-state index in [0.29, 0.717) is 40.3 Å². The number of nitrogens with zero attached hydrogens (tertiary/aromatic N) is 3. The van der Waals surface area contributed by atoms with Crippen LogP contribution in [0.2, 0.25) is 0 Å². The van der Waals surface area contributed by atoms with Gasteiger partial charge in [0.15, 0.2) is 23.0 Å². The van der Waals surface area contributed by atoms with Gasteiger partial charge in [0, 0.05) is 34.8 Å². The molecule has 0 amide bonds. The van der Waals surface area contributed by atoms with Crippen molar-refractivity contribution in [3.05, 3.63) is 67.1 Å². The van der Waals surface area contributed by atoms with E-state index in [0.717, 1.165) is 27.2 Å². The summed E-state index contributed by atoms with van der Waals surface area (Å²) in [6.07, 6.45) is 5.04. The molecule has 5 rings (SSSR count). The van der Waals surface area contributed by atoms with E-state index >= 15 is 0 Å². The number of rotatable bonds is 10. The molecule has 200 valence electrons. The van der Waals surface area contributed by atoms with Crippen molar-refractivity contribution in [3.8, 4) is 40.0 Å². The van der Waals surface area contributed by atoms with Crippen LogP contribution in [0.1, 0.15) is 0 Å². The largest absolute Gasteiger partial charge is 0.493 e. The molecular weight excluding hydrogens is 498 g/mol. The number of nitrogen functional groups attached to an aromatic ring is 1. The summed E-state index contributed by atoms with van der Waals surface area (Å²) in [5.74, 6) is 3.36. The Morgan fingerprint density at radius 3 is 2.23 bits per heavy atom. The summed E-state index contributed by atoms with van der Waals surface area (Å²) in [5.41, 5.74) is 14.7. The van der Waals surface area contributed by atoms with Crippen LogP contribution < -0.4 is 35.2 Å². The second-order valence-electron chi connectivity index (χ2n) is 8.78. The van der Waals surface area contributed by atoms with Gasteiger partial charge in [-0.05, 0) is 35.7 Å². The minimum Gasteiger partial charge on any atom is -0.493 e. The van der Waals surface area contributed by atoms with E-state index < -0.39 is 0 Å². The highest BCUT2D eigenvalue weighted by molar-refractivity contribution is 6.10. The molecule has 2 aromatic carbocycles. The van der Waals surface area contributed by atoms with Crippen molar-refractivity contribution < 1.29 is 23.7 Å². The lowest BCUT2D eigenvalue weighted by Gasteiger charge is -2.16. The molecule has 3 aromatic heterocycles. The van der Waals surface area contributed by atoms with E-state index in [2.05, 4.69) is 15.0 Å². The van der Waals surface area contributed by atoms with Gasteiger partial charge < -0.3 is 35.2 Å².